The van der Waals surface area contributed by atoms with Gasteiger partial charge in [0.05, 0.1) is 0 Å². The number of anilines is 1. The lowest BCUT2D eigenvalue weighted by Gasteiger charge is -2.06. The lowest BCUT2D eigenvalue weighted by Crippen LogP contribution is -1.91. The molecule has 2 aromatic rings. The third kappa shape index (κ3) is 3.10. The van der Waals surface area contributed by atoms with Crippen LogP contribution in [0.1, 0.15) is 0 Å². The molecule has 0 saturated heterocycles. The van der Waals surface area contributed by atoms with Gasteiger partial charge in [-0.15, -0.1) is 11.8 Å². The SMILES string of the molecule is CNc1ccc(Oc2cc(SC)ncn2)cc1. The van der Waals surface area contributed by atoms with Crippen LogP contribution < -0.4 is 10.1 Å². The van der Waals surface area contributed by atoms with E-state index in [2.05, 4.69) is 15.3 Å². The number of aromatic nitrogens is 2. The Morgan fingerprint density at radius 1 is 1.18 bits per heavy atom. The largest absolute Gasteiger partial charge is 0.439 e. The Morgan fingerprint density at radius 3 is 2.59 bits per heavy atom. The van der Waals surface area contributed by atoms with Crippen molar-refractivity contribution in [2.45, 2.75) is 5.03 Å². The monoisotopic (exact) mass is 247 g/mol. The van der Waals surface area contributed by atoms with Crippen LogP contribution in [0.15, 0.2) is 41.7 Å². The van der Waals surface area contributed by atoms with E-state index in [1.165, 1.54) is 6.33 Å². The summed E-state index contributed by atoms with van der Waals surface area (Å²) in [5.41, 5.74) is 1.05. The first kappa shape index (κ1) is 11.7. The first-order valence-corrected chi connectivity index (χ1v) is 6.36. The Balaban J connectivity index is 2.13. The zero-order chi connectivity index (χ0) is 12.1. The minimum atomic E-state index is 0.557. The van der Waals surface area contributed by atoms with E-state index >= 15 is 0 Å². The Bertz CT molecular complexity index is 487. The summed E-state index contributed by atoms with van der Waals surface area (Å²) in [6.45, 7) is 0. The second kappa shape index (κ2) is 5.54. The van der Waals surface area contributed by atoms with E-state index in [-0.39, 0.29) is 0 Å². The van der Waals surface area contributed by atoms with Crippen molar-refractivity contribution in [3.05, 3.63) is 36.7 Å². The van der Waals surface area contributed by atoms with Crippen LogP contribution in [-0.2, 0) is 0 Å². The number of rotatable bonds is 4. The smallest absolute Gasteiger partial charge is 0.223 e. The van der Waals surface area contributed by atoms with Crippen molar-refractivity contribution < 1.29 is 4.74 Å². The first-order chi connectivity index (χ1) is 8.31. The van der Waals surface area contributed by atoms with Crippen molar-refractivity contribution >= 4 is 17.4 Å². The molecule has 0 radical (unpaired) electrons. The van der Waals surface area contributed by atoms with Gasteiger partial charge in [-0.3, -0.25) is 0 Å². The number of benzene rings is 1. The quantitative estimate of drug-likeness (QED) is 0.664. The van der Waals surface area contributed by atoms with E-state index in [1.807, 2.05) is 43.6 Å². The van der Waals surface area contributed by atoms with Crippen LogP contribution in [-0.4, -0.2) is 23.3 Å². The molecule has 0 aliphatic rings. The molecular weight excluding hydrogens is 234 g/mol. The van der Waals surface area contributed by atoms with Crippen molar-refractivity contribution in [2.75, 3.05) is 18.6 Å². The topological polar surface area (TPSA) is 47.0 Å². The van der Waals surface area contributed by atoms with Crippen LogP contribution in [0.5, 0.6) is 11.6 Å². The number of hydrogen-bond donors (Lipinski definition) is 1. The van der Waals surface area contributed by atoms with Crippen molar-refractivity contribution in [3.8, 4) is 11.6 Å². The molecule has 0 unspecified atom stereocenters. The van der Waals surface area contributed by atoms with Gasteiger partial charge in [0.15, 0.2) is 0 Å². The molecule has 0 atom stereocenters. The maximum atomic E-state index is 5.63. The molecular formula is C12H13N3OS. The van der Waals surface area contributed by atoms with E-state index in [9.17, 15) is 0 Å². The zero-order valence-corrected chi connectivity index (χ0v) is 10.5. The molecule has 1 heterocycles. The molecule has 1 N–H and O–H groups in total. The van der Waals surface area contributed by atoms with E-state index in [0.29, 0.717) is 5.88 Å². The Hall–Kier alpha value is -1.75. The summed E-state index contributed by atoms with van der Waals surface area (Å²) in [7, 11) is 1.88. The first-order valence-electron chi connectivity index (χ1n) is 5.13. The normalized spacial score (nSPS) is 10.0. The van der Waals surface area contributed by atoms with Crippen LogP contribution in [0.3, 0.4) is 0 Å². The number of nitrogens with one attached hydrogen (secondary N) is 1. The van der Waals surface area contributed by atoms with Crippen molar-refractivity contribution in [1.29, 1.82) is 0 Å². The second-order valence-electron chi connectivity index (χ2n) is 3.28. The maximum absolute atomic E-state index is 5.63. The Morgan fingerprint density at radius 2 is 1.94 bits per heavy atom. The highest BCUT2D eigenvalue weighted by atomic mass is 32.2. The molecule has 88 valence electrons. The van der Waals surface area contributed by atoms with Crippen LogP contribution in [0.4, 0.5) is 5.69 Å². The third-order valence-corrected chi connectivity index (χ3v) is 2.83. The van der Waals surface area contributed by atoms with Gasteiger partial charge in [0, 0.05) is 18.8 Å². The fourth-order valence-electron chi connectivity index (χ4n) is 1.30. The molecule has 4 nitrogen and oxygen atoms in total. The van der Waals surface area contributed by atoms with Crippen LogP contribution >= 0.6 is 11.8 Å². The standard InChI is InChI=1S/C12H13N3OS/c1-13-9-3-5-10(6-4-9)16-11-7-12(17-2)15-8-14-11/h3-8,13H,1-2H3. The van der Waals surface area contributed by atoms with Gasteiger partial charge in [-0.25, -0.2) is 9.97 Å². The molecule has 0 aliphatic carbocycles. The number of hydrogen-bond acceptors (Lipinski definition) is 5. The van der Waals surface area contributed by atoms with Gasteiger partial charge in [-0.05, 0) is 30.5 Å². The molecule has 0 aliphatic heterocycles. The highest BCUT2D eigenvalue weighted by molar-refractivity contribution is 7.98. The summed E-state index contributed by atoms with van der Waals surface area (Å²) in [6, 6.07) is 9.51. The average Bonchev–Trinajstić information content (AvgIpc) is 2.40. The zero-order valence-electron chi connectivity index (χ0n) is 9.68. The molecule has 5 heteroatoms. The molecule has 1 aromatic heterocycles. The summed E-state index contributed by atoms with van der Waals surface area (Å²) >= 11 is 1.56. The fourth-order valence-corrected chi connectivity index (χ4v) is 1.67. The Kier molecular flexibility index (Phi) is 3.82. The second-order valence-corrected chi connectivity index (χ2v) is 4.10. The maximum Gasteiger partial charge on any atom is 0.223 e. The lowest BCUT2D eigenvalue weighted by molar-refractivity contribution is 0.459. The van der Waals surface area contributed by atoms with Gasteiger partial charge < -0.3 is 10.1 Å². The molecule has 0 saturated carbocycles. The van der Waals surface area contributed by atoms with E-state index in [4.69, 9.17) is 4.74 Å². The molecule has 2 rings (SSSR count). The van der Waals surface area contributed by atoms with E-state index in [1.54, 1.807) is 11.8 Å². The third-order valence-electron chi connectivity index (χ3n) is 2.19. The molecule has 0 spiro atoms. The number of thioether (sulfide) groups is 1. The van der Waals surface area contributed by atoms with E-state index in [0.717, 1.165) is 16.5 Å². The van der Waals surface area contributed by atoms with Crippen molar-refractivity contribution in [2.24, 2.45) is 0 Å². The summed E-state index contributed by atoms with van der Waals surface area (Å²) < 4.78 is 5.63. The van der Waals surface area contributed by atoms with Gasteiger partial charge in [0.25, 0.3) is 0 Å². The molecule has 0 bridgehead atoms. The van der Waals surface area contributed by atoms with E-state index < -0.39 is 0 Å². The van der Waals surface area contributed by atoms with Crippen molar-refractivity contribution in [3.63, 3.8) is 0 Å². The fraction of sp³-hybridized carbons (Fsp3) is 0.167. The summed E-state index contributed by atoms with van der Waals surface area (Å²) in [6.07, 6.45) is 3.47. The minimum absolute atomic E-state index is 0.557. The predicted octanol–water partition coefficient (Wildman–Crippen LogP) is 3.03. The lowest BCUT2D eigenvalue weighted by atomic mass is 10.3. The van der Waals surface area contributed by atoms with Gasteiger partial charge in [-0.2, -0.15) is 0 Å². The molecule has 0 fully saturated rings. The highest BCUT2D eigenvalue weighted by Gasteiger charge is 2.00. The minimum Gasteiger partial charge on any atom is -0.439 e. The van der Waals surface area contributed by atoms with Crippen LogP contribution in [0.25, 0.3) is 0 Å². The Labute approximate surface area is 104 Å². The molecule has 1 aromatic carbocycles. The van der Waals surface area contributed by atoms with Gasteiger partial charge in [0.1, 0.15) is 17.1 Å². The van der Waals surface area contributed by atoms with Gasteiger partial charge in [0.2, 0.25) is 5.88 Å². The molecule has 17 heavy (non-hydrogen) atoms. The highest BCUT2D eigenvalue weighted by Crippen LogP contribution is 2.23. The van der Waals surface area contributed by atoms with Crippen molar-refractivity contribution in [1.82, 2.24) is 9.97 Å². The molecule has 0 amide bonds. The predicted molar refractivity (Wildman–Crippen MR) is 69.9 cm³/mol. The summed E-state index contributed by atoms with van der Waals surface area (Å²) in [5.74, 6) is 1.32. The van der Waals surface area contributed by atoms with Crippen LogP contribution in [0.2, 0.25) is 0 Å². The number of nitrogens with zero attached hydrogens (tertiary/aromatic N) is 2. The average molecular weight is 247 g/mol. The number of ether oxygens (including phenoxy) is 1. The van der Waals surface area contributed by atoms with Gasteiger partial charge in [-0.1, -0.05) is 0 Å². The summed E-state index contributed by atoms with van der Waals surface area (Å²) in [5, 5.41) is 3.94. The van der Waals surface area contributed by atoms with Crippen LogP contribution in [0, 0.1) is 0 Å². The summed E-state index contributed by atoms with van der Waals surface area (Å²) in [4.78, 5) is 8.15. The van der Waals surface area contributed by atoms with Gasteiger partial charge >= 0.3 is 0 Å².